The summed E-state index contributed by atoms with van der Waals surface area (Å²) in [6.45, 7) is 4.54. The van der Waals surface area contributed by atoms with Crippen LogP contribution < -0.4 is 0 Å². The second-order valence-corrected chi connectivity index (χ2v) is 4.09. The van der Waals surface area contributed by atoms with Crippen molar-refractivity contribution in [3.05, 3.63) is 35.4 Å². The van der Waals surface area contributed by atoms with E-state index < -0.39 is 18.1 Å². The molecule has 0 N–H and O–H groups in total. The summed E-state index contributed by atoms with van der Waals surface area (Å²) in [6, 6.07) is 6.61. The first-order valence-electron chi connectivity index (χ1n) is 6.53. The highest BCUT2D eigenvalue weighted by molar-refractivity contribution is 6.20. The Bertz CT molecular complexity index is 461. The number of hydrogen-bond acceptors (Lipinski definition) is 5. The standard InChI is InChI=1S/C14H17NO5/c1-3-18-12(19-4-2)9-20-15-13(16)10-7-5-6-8-11(10)14(15)17/h5-8,12H,3-4,9H2,1-2H3. The summed E-state index contributed by atoms with van der Waals surface area (Å²) in [5, 5.41) is 0.760. The zero-order valence-electron chi connectivity index (χ0n) is 11.5. The maximum absolute atomic E-state index is 12.0. The third-order valence-electron chi connectivity index (χ3n) is 2.80. The van der Waals surface area contributed by atoms with Crippen molar-refractivity contribution in [1.82, 2.24) is 5.06 Å². The molecular formula is C14H17NO5. The molecule has 1 heterocycles. The van der Waals surface area contributed by atoms with Crippen molar-refractivity contribution in [2.45, 2.75) is 20.1 Å². The van der Waals surface area contributed by atoms with E-state index >= 15 is 0 Å². The summed E-state index contributed by atoms with van der Waals surface area (Å²) in [4.78, 5) is 29.3. The molecule has 0 saturated heterocycles. The fraction of sp³-hybridized carbons (Fsp3) is 0.429. The van der Waals surface area contributed by atoms with Gasteiger partial charge in [-0.1, -0.05) is 12.1 Å². The quantitative estimate of drug-likeness (QED) is 0.560. The Morgan fingerprint density at radius 3 is 1.95 bits per heavy atom. The fourth-order valence-corrected chi connectivity index (χ4v) is 1.94. The van der Waals surface area contributed by atoms with Crippen LogP contribution in [-0.4, -0.2) is 43.0 Å². The number of amides is 2. The largest absolute Gasteiger partial charge is 0.350 e. The van der Waals surface area contributed by atoms with E-state index in [2.05, 4.69) is 0 Å². The lowest BCUT2D eigenvalue weighted by molar-refractivity contribution is -0.205. The summed E-state index contributed by atoms with van der Waals surface area (Å²) in [5.41, 5.74) is 0.698. The summed E-state index contributed by atoms with van der Waals surface area (Å²) in [5.74, 6) is -0.922. The van der Waals surface area contributed by atoms with Crippen LogP contribution in [0.15, 0.2) is 24.3 Å². The first kappa shape index (κ1) is 14.6. The number of carbonyl (C=O) groups is 2. The second kappa shape index (κ2) is 6.60. The molecule has 0 unspecified atom stereocenters. The summed E-state index contributed by atoms with van der Waals surface area (Å²) >= 11 is 0. The molecule has 0 bridgehead atoms. The average Bonchev–Trinajstić information content (AvgIpc) is 2.70. The minimum absolute atomic E-state index is 0.0207. The number of carbonyl (C=O) groups excluding carboxylic acids is 2. The number of benzene rings is 1. The molecule has 108 valence electrons. The van der Waals surface area contributed by atoms with E-state index in [-0.39, 0.29) is 6.61 Å². The third kappa shape index (κ3) is 2.87. The predicted octanol–water partition coefficient (Wildman–Crippen LogP) is 1.61. The van der Waals surface area contributed by atoms with Crippen LogP contribution in [0.3, 0.4) is 0 Å². The van der Waals surface area contributed by atoms with Crippen molar-refractivity contribution >= 4 is 11.8 Å². The predicted molar refractivity (Wildman–Crippen MR) is 69.9 cm³/mol. The van der Waals surface area contributed by atoms with E-state index in [0.29, 0.717) is 24.3 Å². The molecule has 0 spiro atoms. The third-order valence-corrected chi connectivity index (χ3v) is 2.80. The van der Waals surface area contributed by atoms with Gasteiger partial charge >= 0.3 is 0 Å². The molecule has 1 aromatic rings. The number of ether oxygens (including phenoxy) is 2. The lowest BCUT2D eigenvalue weighted by Crippen LogP contribution is -2.35. The summed E-state index contributed by atoms with van der Waals surface area (Å²) in [7, 11) is 0. The van der Waals surface area contributed by atoms with Gasteiger partial charge in [-0.2, -0.15) is 0 Å². The van der Waals surface area contributed by atoms with Gasteiger partial charge in [0.25, 0.3) is 11.8 Å². The Morgan fingerprint density at radius 2 is 1.50 bits per heavy atom. The van der Waals surface area contributed by atoms with E-state index in [0.717, 1.165) is 5.06 Å². The Kier molecular flexibility index (Phi) is 4.84. The topological polar surface area (TPSA) is 65.1 Å². The van der Waals surface area contributed by atoms with Gasteiger partial charge in [0.1, 0.15) is 6.61 Å². The van der Waals surface area contributed by atoms with Crippen LogP contribution in [0.1, 0.15) is 34.6 Å². The molecule has 0 fully saturated rings. The number of hydroxylamine groups is 2. The van der Waals surface area contributed by atoms with E-state index in [9.17, 15) is 9.59 Å². The molecule has 6 nitrogen and oxygen atoms in total. The van der Waals surface area contributed by atoms with Crippen LogP contribution in [0.25, 0.3) is 0 Å². The molecule has 0 atom stereocenters. The number of hydrogen-bond donors (Lipinski definition) is 0. The molecule has 2 rings (SSSR count). The van der Waals surface area contributed by atoms with Gasteiger partial charge in [-0.15, -0.1) is 5.06 Å². The maximum atomic E-state index is 12.0. The van der Waals surface area contributed by atoms with Gasteiger partial charge < -0.3 is 9.47 Å². The summed E-state index contributed by atoms with van der Waals surface area (Å²) < 4.78 is 10.6. The minimum Gasteiger partial charge on any atom is -0.350 e. The van der Waals surface area contributed by atoms with Crippen molar-refractivity contribution in [1.29, 1.82) is 0 Å². The lowest BCUT2D eigenvalue weighted by Gasteiger charge is -2.19. The van der Waals surface area contributed by atoms with E-state index in [1.165, 1.54) is 0 Å². The van der Waals surface area contributed by atoms with E-state index in [4.69, 9.17) is 14.3 Å². The Balaban J connectivity index is 2.01. The number of imide groups is 1. The first-order chi connectivity index (χ1) is 9.69. The van der Waals surface area contributed by atoms with Gasteiger partial charge in [-0.3, -0.25) is 14.4 Å². The Hall–Kier alpha value is -1.76. The SMILES string of the molecule is CCOC(CON1C(=O)c2ccccc2C1=O)OCC. The van der Waals surface area contributed by atoms with Gasteiger partial charge in [-0.25, -0.2) is 0 Å². The Morgan fingerprint density at radius 1 is 1.00 bits per heavy atom. The van der Waals surface area contributed by atoms with Crippen LogP contribution in [0, 0.1) is 0 Å². The average molecular weight is 279 g/mol. The van der Waals surface area contributed by atoms with E-state index in [1.54, 1.807) is 24.3 Å². The zero-order valence-corrected chi connectivity index (χ0v) is 11.5. The van der Waals surface area contributed by atoms with Crippen molar-refractivity contribution in [2.75, 3.05) is 19.8 Å². The zero-order chi connectivity index (χ0) is 14.5. The molecule has 0 radical (unpaired) electrons. The highest BCUT2D eigenvalue weighted by Crippen LogP contribution is 2.22. The van der Waals surface area contributed by atoms with E-state index in [1.807, 2.05) is 13.8 Å². The van der Waals surface area contributed by atoms with Crippen LogP contribution in [-0.2, 0) is 14.3 Å². The molecule has 1 aromatic carbocycles. The number of fused-ring (bicyclic) bond motifs is 1. The molecule has 1 aliphatic heterocycles. The highest BCUT2D eigenvalue weighted by Gasteiger charge is 2.36. The minimum atomic E-state index is -0.602. The molecule has 0 aromatic heterocycles. The first-order valence-corrected chi connectivity index (χ1v) is 6.53. The molecule has 6 heteroatoms. The van der Waals surface area contributed by atoms with Crippen molar-refractivity contribution < 1.29 is 23.9 Å². The maximum Gasteiger partial charge on any atom is 0.285 e. The smallest absolute Gasteiger partial charge is 0.285 e. The second-order valence-electron chi connectivity index (χ2n) is 4.09. The molecule has 0 aliphatic carbocycles. The number of rotatable bonds is 7. The Labute approximate surface area is 117 Å². The van der Waals surface area contributed by atoms with Crippen LogP contribution >= 0.6 is 0 Å². The fourth-order valence-electron chi connectivity index (χ4n) is 1.94. The molecule has 0 saturated carbocycles. The lowest BCUT2D eigenvalue weighted by atomic mass is 10.1. The molecule has 1 aliphatic rings. The van der Waals surface area contributed by atoms with Gasteiger partial charge in [0.05, 0.1) is 11.1 Å². The molecular weight excluding hydrogens is 262 g/mol. The molecule has 2 amide bonds. The van der Waals surface area contributed by atoms with Crippen LogP contribution in [0.5, 0.6) is 0 Å². The van der Waals surface area contributed by atoms with Crippen molar-refractivity contribution in [3.63, 3.8) is 0 Å². The van der Waals surface area contributed by atoms with Gasteiger partial charge in [-0.05, 0) is 26.0 Å². The van der Waals surface area contributed by atoms with Crippen molar-refractivity contribution in [2.24, 2.45) is 0 Å². The van der Waals surface area contributed by atoms with Gasteiger partial charge in [0.2, 0.25) is 0 Å². The van der Waals surface area contributed by atoms with Gasteiger partial charge in [0.15, 0.2) is 6.29 Å². The molecule has 20 heavy (non-hydrogen) atoms. The highest BCUT2D eigenvalue weighted by atomic mass is 16.7. The van der Waals surface area contributed by atoms with Gasteiger partial charge in [0, 0.05) is 13.2 Å². The monoisotopic (exact) mass is 279 g/mol. The summed E-state index contributed by atoms with van der Waals surface area (Å²) in [6.07, 6.45) is -0.602. The van der Waals surface area contributed by atoms with Crippen LogP contribution in [0.2, 0.25) is 0 Å². The number of nitrogens with zero attached hydrogens (tertiary/aromatic N) is 1. The van der Waals surface area contributed by atoms with Crippen LogP contribution in [0.4, 0.5) is 0 Å². The normalized spacial score (nSPS) is 14.2. The van der Waals surface area contributed by atoms with Crippen molar-refractivity contribution in [3.8, 4) is 0 Å².